The molecule has 3 aromatic rings. The molecule has 1 atom stereocenters. The number of nitrogens with zero attached hydrogens (tertiary/aromatic N) is 1. The summed E-state index contributed by atoms with van der Waals surface area (Å²) in [5.41, 5.74) is 1.69. The Balaban J connectivity index is 1.42. The van der Waals surface area contributed by atoms with E-state index in [9.17, 15) is 9.59 Å². The van der Waals surface area contributed by atoms with Gasteiger partial charge >= 0.3 is 0 Å². The molecule has 5 nitrogen and oxygen atoms in total. The van der Waals surface area contributed by atoms with E-state index in [1.54, 1.807) is 6.26 Å². The number of benzene rings is 2. The third-order valence-corrected chi connectivity index (χ3v) is 6.28. The smallest absolute Gasteiger partial charge is 0.147 e. The van der Waals surface area contributed by atoms with Gasteiger partial charge in [0.1, 0.15) is 29.5 Å². The monoisotopic (exact) mass is 391 g/mol. The molecule has 2 fully saturated rings. The molecule has 0 N–H and O–H groups in total. The van der Waals surface area contributed by atoms with Gasteiger partial charge in [-0.05, 0) is 67.4 Å². The molecule has 150 valence electrons. The minimum absolute atomic E-state index is 0.00261. The quantitative estimate of drug-likeness (QED) is 0.601. The normalized spacial score (nSPS) is 20.8. The second-order valence-electron chi connectivity index (χ2n) is 8.18. The van der Waals surface area contributed by atoms with Crippen LogP contribution in [0.15, 0.2) is 41.0 Å². The molecule has 29 heavy (non-hydrogen) atoms. The van der Waals surface area contributed by atoms with Crippen LogP contribution < -0.4 is 4.74 Å². The van der Waals surface area contributed by atoms with Gasteiger partial charge in [-0.15, -0.1) is 0 Å². The fourth-order valence-corrected chi connectivity index (χ4v) is 4.72. The van der Waals surface area contributed by atoms with Gasteiger partial charge in [0.15, 0.2) is 0 Å². The Morgan fingerprint density at radius 2 is 1.97 bits per heavy atom. The highest BCUT2D eigenvalue weighted by atomic mass is 16.5. The van der Waals surface area contributed by atoms with E-state index in [0.717, 1.165) is 39.6 Å². The maximum atomic E-state index is 12.5. The SMILES string of the molecule is O=C1CCC(c2coc3ccc4cc(OCCN5CCCC5)ccc4c23)C(=O)C1. The molecule has 0 spiro atoms. The lowest BCUT2D eigenvalue weighted by Crippen LogP contribution is -2.25. The molecule has 2 heterocycles. The van der Waals surface area contributed by atoms with E-state index in [4.69, 9.17) is 9.15 Å². The van der Waals surface area contributed by atoms with Gasteiger partial charge in [-0.25, -0.2) is 0 Å². The molecule has 2 aromatic carbocycles. The van der Waals surface area contributed by atoms with Crippen molar-refractivity contribution in [3.63, 3.8) is 0 Å². The maximum Gasteiger partial charge on any atom is 0.147 e. The van der Waals surface area contributed by atoms with Gasteiger partial charge in [0.2, 0.25) is 0 Å². The predicted octanol–water partition coefficient (Wildman–Crippen LogP) is 4.47. The van der Waals surface area contributed by atoms with Gasteiger partial charge in [-0.3, -0.25) is 14.5 Å². The van der Waals surface area contributed by atoms with Crippen molar-refractivity contribution in [3.8, 4) is 5.75 Å². The summed E-state index contributed by atoms with van der Waals surface area (Å²) in [6.07, 6.45) is 5.34. The van der Waals surface area contributed by atoms with Crippen LogP contribution in [0, 0.1) is 0 Å². The molecule has 1 aliphatic heterocycles. The van der Waals surface area contributed by atoms with Crippen LogP contribution in [0.4, 0.5) is 0 Å². The molecule has 1 aliphatic carbocycles. The van der Waals surface area contributed by atoms with Crippen molar-refractivity contribution in [1.29, 1.82) is 0 Å². The van der Waals surface area contributed by atoms with Crippen molar-refractivity contribution < 1.29 is 18.7 Å². The molecule has 0 amide bonds. The minimum atomic E-state index is -0.254. The van der Waals surface area contributed by atoms with Crippen LogP contribution >= 0.6 is 0 Å². The Bertz CT molecular complexity index is 1080. The summed E-state index contributed by atoms with van der Waals surface area (Å²) in [5.74, 6) is 0.652. The molecule has 0 bridgehead atoms. The standard InChI is InChI=1S/C24H25NO4/c26-17-4-6-20(22(27)14-17)21-15-29-23-8-3-16-13-18(5-7-19(16)24(21)23)28-12-11-25-9-1-2-10-25/h3,5,7-8,13,15,20H,1-2,4,6,9-12,14H2. The largest absolute Gasteiger partial charge is 0.492 e. The molecular weight excluding hydrogens is 366 g/mol. The molecule has 5 heteroatoms. The Hall–Kier alpha value is -2.66. The van der Waals surface area contributed by atoms with Gasteiger partial charge < -0.3 is 9.15 Å². The van der Waals surface area contributed by atoms with E-state index in [2.05, 4.69) is 17.0 Å². The van der Waals surface area contributed by atoms with Crippen LogP contribution in [-0.2, 0) is 9.59 Å². The lowest BCUT2D eigenvalue weighted by molar-refractivity contribution is -0.130. The first kappa shape index (κ1) is 18.4. The number of rotatable bonds is 5. The molecular formula is C24H25NO4. The van der Waals surface area contributed by atoms with Gasteiger partial charge in [0, 0.05) is 29.8 Å². The minimum Gasteiger partial charge on any atom is -0.492 e. The number of carbonyl (C=O) groups is 2. The van der Waals surface area contributed by atoms with Crippen LogP contribution in [0.1, 0.15) is 43.6 Å². The summed E-state index contributed by atoms with van der Waals surface area (Å²) in [6.45, 7) is 4.00. The van der Waals surface area contributed by atoms with Crippen LogP contribution in [0.25, 0.3) is 21.7 Å². The highest BCUT2D eigenvalue weighted by Crippen LogP contribution is 2.38. The zero-order valence-electron chi connectivity index (χ0n) is 16.5. The first-order valence-corrected chi connectivity index (χ1v) is 10.5. The summed E-state index contributed by atoms with van der Waals surface area (Å²) < 4.78 is 11.8. The van der Waals surface area contributed by atoms with Crippen LogP contribution in [-0.4, -0.2) is 42.7 Å². The predicted molar refractivity (Wildman–Crippen MR) is 111 cm³/mol. The van der Waals surface area contributed by atoms with E-state index in [1.807, 2.05) is 18.2 Å². The first-order valence-electron chi connectivity index (χ1n) is 10.5. The number of Topliss-reactive ketones (excluding diaryl/α,β-unsaturated/α-hetero) is 2. The fourth-order valence-electron chi connectivity index (χ4n) is 4.72. The molecule has 2 aliphatic rings. The third kappa shape index (κ3) is 3.55. The van der Waals surface area contributed by atoms with E-state index >= 15 is 0 Å². The lowest BCUT2D eigenvalue weighted by Gasteiger charge is -2.19. The van der Waals surface area contributed by atoms with Crippen molar-refractivity contribution in [2.75, 3.05) is 26.2 Å². The number of hydrogen-bond acceptors (Lipinski definition) is 5. The fraction of sp³-hybridized carbons (Fsp3) is 0.417. The highest BCUT2D eigenvalue weighted by molar-refractivity contribution is 6.11. The van der Waals surface area contributed by atoms with Crippen molar-refractivity contribution in [3.05, 3.63) is 42.2 Å². The molecule has 0 radical (unpaired) electrons. The zero-order valence-corrected chi connectivity index (χ0v) is 16.5. The van der Waals surface area contributed by atoms with E-state index in [-0.39, 0.29) is 23.9 Å². The van der Waals surface area contributed by atoms with Crippen molar-refractivity contribution in [1.82, 2.24) is 4.90 Å². The average Bonchev–Trinajstić information content (AvgIpc) is 3.38. The molecule has 1 aromatic heterocycles. The number of fused-ring (bicyclic) bond motifs is 3. The van der Waals surface area contributed by atoms with Crippen molar-refractivity contribution in [2.24, 2.45) is 0 Å². The summed E-state index contributed by atoms with van der Waals surface area (Å²) in [4.78, 5) is 26.5. The lowest BCUT2D eigenvalue weighted by atomic mass is 9.81. The first-order chi connectivity index (χ1) is 14.2. The Labute approximate surface area is 169 Å². The van der Waals surface area contributed by atoms with Crippen LogP contribution in [0.3, 0.4) is 0 Å². The number of ether oxygens (including phenoxy) is 1. The Morgan fingerprint density at radius 1 is 1.10 bits per heavy atom. The Kier molecular flexibility index (Phi) is 4.84. The van der Waals surface area contributed by atoms with Gasteiger partial charge in [0.05, 0.1) is 12.7 Å². The molecule has 1 saturated heterocycles. The topological polar surface area (TPSA) is 59.8 Å². The van der Waals surface area contributed by atoms with Crippen LogP contribution in [0.2, 0.25) is 0 Å². The van der Waals surface area contributed by atoms with Gasteiger partial charge in [0.25, 0.3) is 0 Å². The second-order valence-corrected chi connectivity index (χ2v) is 8.18. The van der Waals surface area contributed by atoms with E-state index in [1.165, 1.54) is 25.9 Å². The molecule has 1 saturated carbocycles. The number of furan rings is 1. The summed E-state index contributed by atoms with van der Waals surface area (Å²) in [6, 6.07) is 10.1. The van der Waals surface area contributed by atoms with Crippen molar-refractivity contribution in [2.45, 2.75) is 38.0 Å². The van der Waals surface area contributed by atoms with E-state index in [0.29, 0.717) is 19.4 Å². The molecule has 5 rings (SSSR count). The summed E-state index contributed by atoms with van der Waals surface area (Å²) in [5, 5.41) is 3.11. The van der Waals surface area contributed by atoms with E-state index < -0.39 is 0 Å². The zero-order chi connectivity index (χ0) is 19.8. The summed E-state index contributed by atoms with van der Waals surface area (Å²) >= 11 is 0. The number of hydrogen-bond donors (Lipinski definition) is 0. The highest BCUT2D eigenvalue weighted by Gasteiger charge is 2.31. The number of carbonyl (C=O) groups excluding carboxylic acids is 2. The number of likely N-dealkylation sites (tertiary alicyclic amines) is 1. The summed E-state index contributed by atoms with van der Waals surface area (Å²) in [7, 11) is 0. The molecule has 1 unspecified atom stereocenters. The van der Waals surface area contributed by atoms with Crippen molar-refractivity contribution >= 4 is 33.3 Å². The van der Waals surface area contributed by atoms with Gasteiger partial charge in [-0.2, -0.15) is 0 Å². The maximum absolute atomic E-state index is 12.5. The number of ketones is 2. The third-order valence-electron chi connectivity index (χ3n) is 6.28. The Morgan fingerprint density at radius 3 is 2.79 bits per heavy atom. The van der Waals surface area contributed by atoms with Gasteiger partial charge in [-0.1, -0.05) is 6.07 Å². The van der Waals surface area contributed by atoms with Crippen LogP contribution in [0.5, 0.6) is 5.75 Å². The second kappa shape index (κ2) is 7.64. The average molecular weight is 391 g/mol.